The number of nitriles is 1. The van der Waals surface area contributed by atoms with Gasteiger partial charge in [-0.1, -0.05) is 63.4 Å². The number of ether oxygens (including phenoxy) is 2. The second kappa shape index (κ2) is 10.5. The number of allylic oxidation sites excluding steroid dienone is 1. The van der Waals surface area contributed by atoms with E-state index in [0.717, 1.165) is 21.2 Å². The molecule has 6 heteroatoms. The second-order valence-corrected chi connectivity index (χ2v) is 8.08. The van der Waals surface area contributed by atoms with Crippen molar-refractivity contribution >= 4 is 50.8 Å². The average Bonchev–Trinajstić information content (AvgIpc) is 2.74. The predicted octanol–water partition coefficient (Wildman–Crippen LogP) is 7.80. The van der Waals surface area contributed by atoms with Crippen molar-refractivity contribution in [1.29, 1.82) is 5.26 Å². The third-order valence-electron chi connectivity index (χ3n) is 4.23. The van der Waals surface area contributed by atoms with E-state index in [0.29, 0.717) is 40.3 Å². The van der Waals surface area contributed by atoms with Crippen LogP contribution >= 0.6 is 39.1 Å². The van der Waals surface area contributed by atoms with Crippen LogP contribution in [0.25, 0.3) is 11.6 Å². The Kier molecular flexibility index (Phi) is 7.81. The van der Waals surface area contributed by atoms with Gasteiger partial charge in [0.15, 0.2) is 11.5 Å². The lowest BCUT2D eigenvalue weighted by Crippen LogP contribution is -2.00. The number of halogens is 3. The Morgan fingerprint density at radius 3 is 2.40 bits per heavy atom. The highest BCUT2D eigenvalue weighted by Gasteiger charge is 2.12. The Morgan fingerprint density at radius 1 is 1.00 bits per heavy atom. The lowest BCUT2D eigenvalue weighted by molar-refractivity contribution is 0.269. The molecule has 0 radical (unpaired) electrons. The zero-order valence-electron chi connectivity index (χ0n) is 16.2. The molecule has 0 aliphatic rings. The fourth-order valence-corrected chi connectivity index (χ4v) is 3.53. The van der Waals surface area contributed by atoms with E-state index >= 15 is 0 Å². The molecule has 0 bridgehead atoms. The van der Waals surface area contributed by atoms with E-state index in [4.69, 9.17) is 32.7 Å². The van der Waals surface area contributed by atoms with Crippen LogP contribution in [0.3, 0.4) is 0 Å². The normalized spacial score (nSPS) is 11.1. The van der Waals surface area contributed by atoms with Gasteiger partial charge in [0, 0.05) is 14.5 Å². The predicted molar refractivity (Wildman–Crippen MR) is 126 cm³/mol. The van der Waals surface area contributed by atoms with Gasteiger partial charge in [-0.3, -0.25) is 0 Å². The first-order chi connectivity index (χ1) is 14.5. The second-order valence-electron chi connectivity index (χ2n) is 6.35. The Hall–Kier alpha value is -2.45. The van der Waals surface area contributed by atoms with Gasteiger partial charge >= 0.3 is 0 Å². The van der Waals surface area contributed by atoms with Gasteiger partial charge in [-0.2, -0.15) is 5.26 Å². The SMILES string of the molecule is CCOc1cc(/C=C(\C#N)c2cccc(Cl)c2)c(Br)cc1OCc1ccc(Cl)cc1. The molecule has 0 N–H and O–H groups in total. The van der Waals surface area contributed by atoms with Crippen molar-refractivity contribution in [3.63, 3.8) is 0 Å². The molecule has 0 spiro atoms. The lowest BCUT2D eigenvalue weighted by atomic mass is 10.0. The van der Waals surface area contributed by atoms with Gasteiger partial charge in [0.05, 0.1) is 18.2 Å². The summed E-state index contributed by atoms with van der Waals surface area (Å²) in [6.45, 7) is 2.78. The third-order valence-corrected chi connectivity index (χ3v) is 5.40. The van der Waals surface area contributed by atoms with E-state index in [1.165, 1.54) is 0 Å². The zero-order valence-corrected chi connectivity index (χ0v) is 19.3. The summed E-state index contributed by atoms with van der Waals surface area (Å²) in [5.74, 6) is 1.21. The maximum Gasteiger partial charge on any atom is 0.162 e. The monoisotopic (exact) mass is 501 g/mol. The smallest absolute Gasteiger partial charge is 0.162 e. The van der Waals surface area contributed by atoms with Gasteiger partial charge in [-0.15, -0.1) is 0 Å². The zero-order chi connectivity index (χ0) is 21.5. The van der Waals surface area contributed by atoms with Crippen molar-refractivity contribution in [1.82, 2.24) is 0 Å². The van der Waals surface area contributed by atoms with E-state index in [1.54, 1.807) is 18.2 Å². The summed E-state index contributed by atoms with van der Waals surface area (Å²) in [5.41, 5.74) is 3.04. The molecule has 0 amide bonds. The fourth-order valence-electron chi connectivity index (χ4n) is 2.78. The molecule has 3 aromatic rings. The van der Waals surface area contributed by atoms with Crippen LogP contribution in [0, 0.1) is 11.3 Å². The van der Waals surface area contributed by atoms with Crippen LogP contribution in [0.5, 0.6) is 11.5 Å². The molecule has 3 nitrogen and oxygen atoms in total. The molecule has 3 rings (SSSR count). The summed E-state index contributed by atoms with van der Waals surface area (Å²) in [7, 11) is 0. The number of hydrogen-bond donors (Lipinski definition) is 0. The maximum absolute atomic E-state index is 9.64. The number of benzene rings is 3. The molecule has 0 unspecified atom stereocenters. The van der Waals surface area contributed by atoms with Crippen LogP contribution < -0.4 is 9.47 Å². The standard InChI is InChI=1S/C24H18BrCl2NO2/c1-2-29-23-12-18(10-19(14-28)17-4-3-5-21(27)11-17)22(25)13-24(23)30-15-16-6-8-20(26)9-7-16/h3-13H,2,15H2,1H3/b19-10+. The maximum atomic E-state index is 9.64. The molecular weight excluding hydrogens is 485 g/mol. The molecule has 0 fully saturated rings. The van der Waals surface area contributed by atoms with E-state index in [9.17, 15) is 5.26 Å². The Morgan fingerprint density at radius 2 is 1.73 bits per heavy atom. The number of hydrogen-bond acceptors (Lipinski definition) is 3. The van der Waals surface area contributed by atoms with Crippen molar-refractivity contribution < 1.29 is 9.47 Å². The van der Waals surface area contributed by atoms with E-state index in [2.05, 4.69) is 22.0 Å². The quantitative estimate of drug-likeness (QED) is 0.244. The minimum Gasteiger partial charge on any atom is -0.490 e. The summed E-state index contributed by atoms with van der Waals surface area (Å²) < 4.78 is 12.5. The van der Waals surface area contributed by atoms with Gasteiger partial charge in [-0.25, -0.2) is 0 Å². The Balaban J connectivity index is 1.92. The van der Waals surface area contributed by atoms with Crippen molar-refractivity contribution in [3.05, 3.63) is 91.9 Å². The van der Waals surface area contributed by atoms with Crippen LogP contribution in [-0.2, 0) is 6.61 Å². The summed E-state index contributed by atoms with van der Waals surface area (Å²) >= 11 is 15.6. The molecule has 3 aromatic carbocycles. The van der Waals surface area contributed by atoms with E-state index in [-0.39, 0.29) is 0 Å². The first kappa shape index (κ1) is 22.2. The summed E-state index contributed by atoms with van der Waals surface area (Å²) in [6.07, 6.45) is 1.79. The van der Waals surface area contributed by atoms with Gasteiger partial charge in [-0.05, 0) is 66.1 Å². The topological polar surface area (TPSA) is 42.2 Å². The molecule has 0 aliphatic heterocycles. The van der Waals surface area contributed by atoms with Crippen molar-refractivity contribution in [2.45, 2.75) is 13.5 Å². The first-order valence-electron chi connectivity index (χ1n) is 9.21. The largest absolute Gasteiger partial charge is 0.490 e. The van der Waals surface area contributed by atoms with Crippen molar-refractivity contribution in [2.75, 3.05) is 6.61 Å². The highest BCUT2D eigenvalue weighted by molar-refractivity contribution is 9.10. The fraction of sp³-hybridized carbons (Fsp3) is 0.125. The van der Waals surface area contributed by atoms with E-state index in [1.807, 2.05) is 55.5 Å². The van der Waals surface area contributed by atoms with Crippen LogP contribution in [0.15, 0.2) is 65.1 Å². The van der Waals surface area contributed by atoms with Crippen LogP contribution in [-0.4, -0.2) is 6.61 Å². The summed E-state index contributed by atoms with van der Waals surface area (Å²) in [6, 6.07) is 20.6. The molecular formula is C24H18BrCl2NO2. The first-order valence-corrected chi connectivity index (χ1v) is 10.8. The molecule has 152 valence electrons. The molecule has 0 heterocycles. The van der Waals surface area contributed by atoms with Crippen molar-refractivity contribution in [2.24, 2.45) is 0 Å². The summed E-state index contributed by atoms with van der Waals surface area (Å²) in [4.78, 5) is 0. The molecule has 30 heavy (non-hydrogen) atoms. The third kappa shape index (κ3) is 5.79. The van der Waals surface area contributed by atoms with Gasteiger partial charge < -0.3 is 9.47 Å². The minimum absolute atomic E-state index is 0.380. The number of nitrogens with zero attached hydrogens (tertiary/aromatic N) is 1. The molecule has 0 aliphatic carbocycles. The molecule has 0 atom stereocenters. The lowest BCUT2D eigenvalue weighted by Gasteiger charge is -2.14. The van der Waals surface area contributed by atoms with Crippen LogP contribution in [0.4, 0.5) is 0 Å². The highest BCUT2D eigenvalue weighted by atomic mass is 79.9. The van der Waals surface area contributed by atoms with Gasteiger partial charge in [0.25, 0.3) is 0 Å². The van der Waals surface area contributed by atoms with E-state index < -0.39 is 0 Å². The van der Waals surface area contributed by atoms with Crippen molar-refractivity contribution in [3.8, 4) is 17.6 Å². The Bertz CT molecular complexity index is 1110. The number of rotatable bonds is 7. The highest BCUT2D eigenvalue weighted by Crippen LogP contribution is 2.36. The molecule has 0 aromatic heterocycles. The minimum atomic E-state index is 0.380. The average molecular weight is 503 g/mol. The van der Waals surface area contributed by atoms with Crippen LogP contribution in [0.1, 0.15) is 23.6 Å². The molecule has 0 saturated heterocycles. The van der Waals surface area contributed by atoms with Gasteiger partial charge in [0.1, 0.15) is 6.61 Å². The molecule has 0 saturated carbocycles. The van der Waals surface area contributed by atoms with Gasteiger partial charge in [0.2, 0.25) is 0 Å². The summed E-state index contributed by atoms with van der Waals surface area (Å²) in [5, 5.41) is 10.9. The Labute approximate surface area is 194 Å². The van der Waals surface area contributed by atoms with Crippen LogP contribution in [0.2, 0.25) is 10.0 Å².